The lowest BCUT2D eigenvalue weighted by atomic mass is 9.91. The lowest BCUT2D eigenvalue weighted by Gasteiger charge is -2.27. The summed E-state index contributed by atoms with van der Waals surface area (Å²) in [5.74, 6) is -4.50. The number of nitrogens with two attached hydrogens (primary N) is 1. The Balaban J connectivity index is 1.75. The molecule has 5 atom stereocenters. The quantitative estimate of drug-likeness (QED) is 0.115. The fourth-order valence-corrected chi connectivity index (χ4v) is 6.01. The zero-order chi connectivity index (χ0) is 37.6. The lowest BCUT2D eigenvalue weighted by molar-refractivity contribution is -0.213. The number of aliphatic hydroxyl groups excluding tert-OH is 1. The van der Waals surface area contributed by atoms with Crippen molar-refractivity contribution in [1.29, 1.82) is 0 Å². The first-order valence-corrected chi connectivity index (χ1v) is 18.0. The molecule has 0 fully saturated rings. The number of Topliss-reactive ketones (excluding diaryl/α,β-unsaturated/α-hetero) is 2. The summed E-state index contributed by atoms with van der Waals surface area (Å²) >= 11 is 1.51. The minimum atomic E-state index is -5.08. The third-order valence-electron chi connectivity index (χ3n) is 8.48. The number of alkyl halides is 3. The molecule has 3 aromatic carbocycles. The highest BCUT2D eigenvalue weighted by atomic mass is 32.2. The summed E-state index contributed by atoms with van der Waals surface area (Å²) in [4.78, 5) is 64.9. The number of primary amides is 1. The van der Waals surface area contributed by atoms with Crippen molar-refractivity contribution >= 4 is 41.0 Å². The number of nitrogens with one attached hydrogen (secondary N) is 2. The number of hydrogen-bond acceptors (Lipinski definition) is 7. The summed E-state index contributed by atoms with van der Waals surface area (Å²) in [6.45, 7) is 1.34. The summed E-state index contributed by atoms with van der Waals surface area (Å²) < 4.78 is 39.9. The zero-order valence-electron chi connectivity index (χ0n) is 28.5. The standard InChI is InChI=1S/C38H44F3N3O6S/c1-24(36(49)43-30(17-18-34(42)47)35(48)38(39,40)41)21-33(46)31(22-25-9-5-3-6-10-25)44-37(50)29(19-20-51-2)23-32(45)28-15-13-27(14-16-28)26-11-7-4-8-12-26/h3-16,24,29-31,35,48H,17-23H2,1-2H3,(H2,42,47)(H,43,49)(H,44,50)/t24-,29+,30?,31+,35?/m1/s1. The van der Waals surface area contributed by atoms with Crippen LogP contribution in [0, 0.1) is 11.8 Å². The molecule has 0 aromatic heterocycles. The molecule has 2 unspecified atom stereocenters. The maximum atomic E-state index is 13.7. The van der Waals surface area contributed by atoms with E-state index in [9.17, 15) is 42.3 Å². The molecule has 0 saturated carbocycles. The van der Waals surface area contributed by atoms with Crippen LogP contribution in [0.4, 0.5) is 13.2 Å². The number of benzene rings is 3. The van der Waals surface area contributed by atoms with Gasteiger partial charge in [0, 0.05) is 36.7 Å². The number of carbonyl (C=O) groups is 5. The molecule has 3 rings (SSSR count). The van der Waals surface area contributed by atoms with E-state index in [4.69, 9.17) is 5.73 Å². The Morgan fingerprint density at radius 1 is 0.804 bits per heavy atom. The first kappa shape index (κ1) is 40.9. The van der Waals surface area contributed by atoms with Crippen molar-refractivity contribution in [3.8, 4) is 11.1 Å². The van der Waals surface area contributed by atoms with Crippen molar-refractivity contribution in [1.82, 2.24) is 10.6 Å². The number of rotatable bonds is 20. The highest BCUT2D eigenvalue weighted by molar-refractivity contribution is 7.98. The van der Waals surface area contributed by atoms with Gasteiger partial charge in [0.05, 0.1) is 12.1 Å². The van der Waals surface area contributed by atoms with E-state index < -0.39 is 79.0 Å². The van der Waals surface area contributed by atoms with Crippen LogP contribution in [0.25, 0.3) is 11.1 Å². The average molecular weight is 728 g/mol. The molecule has 274 valence electrons. The van der Waals surface area contributed by atoms with Crippen LogP contribution < -0.4 is 16.4 Å². The first-order valence-electron chi connectivity index (χ1n) is 16.6. The Bertz CT molecular complexity index is 1610. The Labute approximate surface area is 300 Å². The van der Waals surface area contributed by atoms with Crippen LogP contribution in [-0.4, -0.2) is 70.8 Å². The van der Waals surface area contributed by atoms with Crippen LogP contribution in [0.15, 0.2) is 84.9 Å². The number of thioether (sulfide) groups is 1. The monoisotopic (exact) mass is 727 g/mol. The second-order valence-corrected chi connectivity index (χ2v) is 13.5. The molecule has 3 aromatic rings. The Morgan fingerprint density at radius 2 is 1.39 bits per heavy atom. The fourth-order valence-electron chi connectivity index (χ4n) is 5.49. The second kappa shape index (κ2) is 19.8. The van der Waals surface area contributed by atoms with Gasteiger partial charge in [-0.05, 0) is 48.0 Å². The highest BCUT2D eigenvalue weighted by Crippen LogP contribution is 2.25. The molecule has 0 saturated heterocycles. The van der Waals surface area contributed by atoms with Crippen LogP contribution in [0.1, 0.15) is 54.9 Å². The van der Waals surface area contributed by atoms with Gasteiger partial charge in [0.2, 0.25) is 17.7 Å². The van der Waals surface area contributed by atoms with Crippen molar-refractivity contribution in [3.63, 3.8) is 0 Å². The van der Waals surface area contributed by atoms with Crippen LogP contribution in [0.5, 0.6) is 0 Å². The average Bonchev–Trinajstić information content (AvgIpc) is 3.11. The highest BCUT2D eigenvalue weighted by Gasteiger charge is 2.44. The van der Waals surface area contributed by atoms with Crippen LogP contribution >= 0.6 is 11.8 Å². The Kier molecular flexibility index (Phi) is 15.9. The Morgan fingerprint density at radius 3 is 1.96 bits per heavy atom. The van der Waals surface area contributed by atoms with Crippen molar-refractivity contribution in [3.05, 3.63) is 96.1 Å². The summed E-state index contributed by atoms with van der Waals surface area (Å²) in [5, 5.41) is 14.7. The van der Waals surface area contributed by atoms with Crippen molar-refractivity contribution in [2.45, 2.75) is 69.8 Å². The van der Waals surface area contributed by atoms with Gasteiger partial charge in [0.1, 0.15) is 0 Å². The van der Waals surface area contributed by atoms with Crippen LogP contribution in [-0.2, 0) is 25.6 Å². The SMILES string of the molecule is CSCC[C@@H](CC(=O)c1ccc(-c2ccccc2)cc1)C(=O)N[C@@H](Cc1ccccc1)C(=O)C[C@@H](C)C(=O)NC(CCC(N)=O)C(O)C(F)(F)F. The van der Waals surface area contributed by atoms with E-state index in [0.717, 1.165) is 11.1 Å². The molecule has 9 nitrogen and oxygen atoms in total. The summed E-state index contributed by atoms with van der Waals surface area (Å²) in [7, 11) is 0. The molecule has 0 spiro atoms. The van der Waals surface area contributed by atoms with Gasteiger partial charge < -0.3 is 21.5 Å². The van der Waals surface area contributed by atoms with Crippen molar-refractivity contribution in [2.24, 2.45) is 17.6 Å². The molecule has 0 aliphatic heterocycles. The molecule has 5 N–H and O–H groups in total. The van der Waals surface area contributed by atoms with E-state index in [1.807, 2.05) is 48.7 Å². The van der Waals surface area contributed by atoms with Gasteiger partial charge in [-0.15, -0.1) is 0 Å². The van der Waals surface area contributed by atoms with Crippen LogP contribution in [0.3, 0.4) is 0 Å². The molecular weight excluding hydrogens is 683 g/mol. The molecule has 51 heavy (non-hydrogen) atoms. The van der Waals surface area contributed by atoms with E-state index in [2.05, 4.69) is 10.6 Å². The fraction of sp³-hybridized carbons (Fsp3) is 0.395. The molecule has 13 heteroatoms. The maximum absolute atomic E-state index is 13.7. The third-order valence-corrected chi connectivity index (χ3v) is 9.12. The van der Waals surface area contributed by atoms with Gasteiger partial charge in [0.25, 0.3) is 0 Å². The topological polar surface area (TPSA) is 156 Å². The number of halogens is 3. The van der Waals surface area contributed by atoms with Gasteiger partial charge in [-0.25, -0.2) is 0 Å². The van der Waals surface area contributed by atoms with E-state index in [1.165, 1.54) is 18.7 Å². The third kappa shape index (κ3) is 13.3. The lowest BCUT2D eigenvalue weighted by Crippen LogP contribution is -2.52. The summed E-state index contributed by atoms with van der Waals surface area (Å²) in [6, 6.07) is 22.6. The second-order valence-electron chi connectivity index (χ2n) is 12.5. The van der Waals surface area contributed by atoms with Gasteiger partial charge in [-0.1, -0.05) is 91.9 Å². The van der Waals surface area contributed by atoms with E-state index in [0.29, 0.717) is 23.3 Å². The number of amides is 3. The first-order chi connectivity index (χ1) is 24.2. The zero-order valence-corrected chi connectivity index (χ0v) is 29.3. The van der Waals surface area contributed by atoms with Gasteiger partial charge in [-0.2, -0.15) is 24.9 Å². The van der Waals surface area contributed by atoms with Gasteiger partial charge in [0.15, 0.2) is 17.7 Å². The molecule has 3 amide bonds. The summed E-state index contributed by atoms with van der Waals surface area (Å²) in [6.07, 6.45) is -7.38. The van der Waals surface area contributed by atoms with Crippen molar-refractivity contribution < 1.29 is 42.3 Å². The summed E-state index contributed by atoms with van der Waals surface area (Å²) in [5.41, 5.74) is 8.15. The van der Waals surface area contributed by atoms with Crippen LogP contribution in [0.2, 0.25) is 0 Å². The molecule has 0 bridgehead atoms. The van der Waals surface area contributed by atoms with Gasteiger partial charge >= 0.3 is 6.18 Å². The normalized spacial score (nSPS) is 14.4. The Hall–Kier alpha value is -4.49. The van der Waals surface area contributed by atoms with E-state index in [-0.39, 0.29) is 18.6 Å². The molecule has 0 aliphatic carbocycles. The smallest absolute Gasteiger partial charge is 0.382 e. The number of ketones is 2. The van der Waals surface area contributed by atoms with Gasteiger partial charge in [-0.3, -0.25) is 24.0 Å². The molecule has 0 radical (unpaired) electrons. The predicted molar refractivity (Wildman–Crippen MR) is 191 cm³/mol. The maximum Gasteiger partial charge on any atom is 0.416 e. The minimum absolute atomic E-state index is 0.0674. The molecular formula is C38H44F3N3O6S. The molecule has 0 aliphatic rings. The van der Waals surface area contributed by atoms with E-state index >= 15 is 0 Å². The largest absolute Gasteiger partial charge is 0.416 e. The molecule has 0 heterocycles. The minimum Gasteiger partial charge on any atom is -0.382 e. The predicted octanol–water partition coefficient (Wildman–Crippen LogP) is 5.29. The number of aliphatic hydroxyl groups is 1. The van der Waals surface area contributed by atoms with E-state index in [1.54, 1.807) is 42.5 Å². The number of carbonyl (C=O) groups excluding carboxylic acids is 5. The van der Waals surface area contributed by atoms with Crippen molar-refractivity contribution in [2.75, 3.05) is 12.0 Å². The number of hydrogen-bond donors (Lipinski definition) is 4.